The minimum absolute atomic E-state index is 0.0757. The van der Waals surface area contributed by atoms with Crippen LogP contribution in [0.5, 0.6) is 0 Å². The second-order valence-electron chi connectivity index (χ2n) is 7.03. The molecule has 1 amide bonds. The molecule has 0 fully saturated rings. The number of carbonyl (C=O) groups excluding carboxylic acids is 1. The Labute approximate surface area is 123 Å². The fourth-order valence-corrected chi connectivity index (χ4v) is 2.51. The van der Waals surface area contributed by atoms with Gasteiger partial charge in [-0.1, -0.05) is 26.8 Å². The maximum absolute atomic E-state index is 12.3. The molecule has 1 rings (SSSR count). The van der Waals surface area contributed by atoms with Crippen molar-refractivity contribution in [2.45, 2.75) is 53.5 Å². The molecule has 0 bridgehead atoms. The van der Waals surface area contributed by atoms with Crippen molar-refractivity contribution in [1.29, 1.82) is 0 Å². The number of nitrogens with two attached hydrogens (primary N) is 1. The van der Waals surface area contributed by atoms with Gasteiger partial charge in [-0.3, -0.25) is 4.79 Å². The van der Waals surface area contributed by atoms with Crippen LogP contribution >= 0.6 is 0 Å². The van der Waals surface area contributed by atoms with Gasteiger partial charge in [-0.25, -0.2) is 0 Å². The average Bonchev–Trinajstić information content (AvgIpc) is 2.23. The van der Waals surface area contributed by atoms with Gasteiger partial charge in [-0.2, -0.15) is 0 Å². The number of benzene rings is 1. The summed E-state index contributed by atoms with van der Waals surface area (Å²) in [6.45, 7) is 10.5. The van der Waals surface area contributed by atoms with Gasteiger partial charge in [0, 0.05) is 25.2 Å². The van der Waals surface area contributed by atoms with E-state index >= 15 is 0 Å². The lowest BCUT2D eigenvalue weighted by molar-refractivity contribution is -0.118. The van der Waals surface area contributed by atoms with Crippen LogP contribution in [-0.2, 0) is 4.79 Å². The maximum Gasteiger partial charge on any atom is 0.228 e. The third kappa shape index (κ3) is 5.33. The molecule has 3 nitrogen and oxygen atoms in total. The molecule has 1 aromatic carbocycles. The van der Waals surface area contributed by atoms with Crippen molar-refractivity contribution in [3.05, 3.63) is 29.3 Å². The molecule has 20 heavy (non-hydrogen) atoms. The van der Waals surface area contributed by atoms with Gasteiger partial charge >= 0.3 is 0 Å². The number of nitrogens with zero attached hydrogens (tertiary/aromatic N) is 1. The second kappa shape index (κ2) is 6.40. The fraction of sp³-hybridized carbons (Fsp3) is 0.588. The predicted molar refractivity (Wildman–Crippen MR) is 86.0 cm³/mol. The van der Waals surface area contributed by atoms with E-state index in [2.05, 4.69) is 26.8 Å². The van der Waals surface area contributed by atoms with Gasteiger partial charge in [0.25, 0.3) is 0 Å². The van der Waals surface area contributed by atoms with Crippen molar-refractivity contribution in [1.82, 2.24) is 0 Å². The summed E-state index contributed by atoms with van der Waals surface area (Å²) in [6, 6.07) is 6.07. The molecule has 0 aliphatic rings. The lowest BCUT2D eigenvalue weighted by atomic mass is 9.87. The van der Waals surface area contributed by atoms with Gasteiger partial charge in [0.15, 0.2) is 0 Å². The van der Waals surface area contributed by atoms with Crippen molar-refractivity contribution in [2.24, 2.45) is 11.1 Å². The summed E-state index contributed by atoms with van der Waals surface area (Å²) in [5.74, 6) is 0.0757. The Kier molecular flexibility index (Phi) is 5.35. The number of amides is 1. The van der Waals surface area contributed by atoms with E-state index in [1.807, 2.05) is 33.0 Å². The number of rotatable bonds is 4. The van der Waals surface area contributed by atoms with Crippen molar-refractivity contribution in [3.63, 3.8) is 0 Å². The van der Waals surface area contributed by atoms with E-state index in [1.165, 1.54) is 11.1 Å². The molecule has 0 aliphatic heterocycles. The SMILES string of the molecule is Cc1cc(C)cc(N(C)C(=O)CC(N)CC(C)(C)C)c1. The number of hydrogen-bond donors (Lipinski definition) is 1. The van der Waals surface area contributed by atoms with Crippen LogP contribution < -0.4 is 10.6 Å². The zero-order valence-electron chi connectivity index (χ0n) is 13.7. The van der Waals surface area contributed by atoms with Crippen LogP contribution in [-0.4, -0.2) is 19.0 Å². The number of hydrogen-bond acceptors (Lipinski definition) is 2. The minimum atomic E-state index is -0.0872. The molecule has 0 aliphatic carbocycles. The lowest BCUT2D eigenvalue weighted by Gasteiger charge is -2.25. The summed E-state index contributed by atoms with van der Waals surface area (Å²) in [4.78, 5) is 14.0. The van der Waals surface area contributed by atoms with Gasteiger partial charge in [0.2, 0.25) is 5.91 Å². The smallest absolute Gasteiger partial charge is 0.228 e. The number of anilines is 1. The molecular formula is C17H28N2O. The van der Waals surface area contributed by atoms with E-state index in [-0.39, 0.29) is 17.4 Å². The van der Waals surface area contributed by atoms with Gasteiger partial charge in [-0.15, -0.1) is 0 Å². The second-order valence-corrected chi connectivity index (χ2v) is 7.03. The highest BCUT2D eigenvalue weighted by molar-refractivity contribution is 5.93. The summed E-state index contributed by atoms with van der Waals surface area (Å²) in [7, 11) is 1.82. The molecule has 1 atom stereocenters. The zero-order chi connectivity index (χ0) is 15.5. The normalized spacial score (nSPS) is 13.2. The van der Waals surface area contributed by atoms with Crippen molar-refractivity contribution in [3.8, 4) is 0 Å². The molecular weight excluding hydrogens is 248 g/mol. The fourth-order valence-electron chi connectivity index (χ4n) is 2.51. The zero-order valence-corrected chi connectivity index (χ0v) is 13.7. The maximum atomic E-state index is 12.3. The van der Waals surface area contributed by atoms with Crippen LogP contribution in [0.1, 0.15) is 44.7 Å². The summed E-state index contributed by atoms with van der Waals surface area (Å²) < 4.78 is 0. The summed E-state index contributed by atoms with van der Waals surface area (Å²) in [6.07, 6.45) is 1.24. The van der Waals surface area contributed by atoms with E-state index in [1.54, 1.807) is 4.90 Å². The largest absolute Gasteiger partial charge is 0.327 e. The molecule has 1 aromatic rings. The molecule has 3 heteroatoms. The van der Waals surface area contributed by atoms with Gasteiger partial charge < -0.3 is 10.6 Å². The average molecular weight is 276 g/mol. The molecule has 0 radical (unpaired) electrons. The number of carbonyl (C=O) groups is 1. The Morgan fingerprint density at radius 2 is 1.70 bits per heavy atom. The first-order chi connectivity index (χ1) is 9.08. The first-order valence-corrected chi connectivity index (χ1v) is 7.19. The molecule has 0 saturated heterocycles. The van der Waals surface area contributed by atoms with E-state index < -0.39 is 0 Å². The van der Waals surface area contributed by atoms with Crippen molar-refractivity contribution < 1.29 is 4.79 Å². The standard InChI is InChI=1S/C17H28N2O/c1-12-7-13(2)9-15(8-12)19(6)16(20)10-14(18)11-17(3,4)5/h7-9,14H,10-11,18H2,1-6H3. The van der Waals surface area contributed by atoms with Crippen LogP contribution in [0.25, 0.3) is 0 Å². The molecule has 112 valence electrons. The van der Waals surface area contributed by atoms with Crippen LogP contribution in [0.3, 0.4) is 0 Å². The summed E-state index contributed by atoms with van der Waals surface area (Å²) in [5, 5.41) is 0. The highest BCUT2D eigenvalue weighted by Crippen LogP contribution is 2.23. The Bertz CT molecular complexity index is 454. The summed E-state index contributed by atoms with van der Waals surface area (Å²) in [5.41, 5.74) is 9.51. The van der Waals surface area contributed by atoms with E-state index in [9.17, 15) is 4.79 Å². The monoisotopic (exact) mass is 276 g/mol. The van der Waals surface area contributed by atoms with E-state index in [4.69, 9.17) is 5.73 Å². The van der Waals surface area contributed by atoms with E-state index in [0.717, 1.165) is 12.1 Å². The lowest BCUT2D eigenvalue weighted by Crippen LogP contribution is -2.35. The Morgan fingerprint density at radius 1 is 1.20 bits per heavy atom. The molecule has 1 unspecified atom stereocenters. The molecule has 0 heterocycles. The molecule has 0 saturated carbocycles. The van der Waals surface area contributed by atoms with E-state index in [0.29, 0.717) is 6.42 Å². The quantitative estimate of drug-likeness (QED) is 0.916. The van der Waals surface area contributed by atoms with Gasteiger partial charge in [-0.05, 0) is 48.9 Å². The third-order valence-corrected chi connectivity index (χ3v) is 3.28. The summed E-state index contributed by atoms with van der Waals surface area (Å²) >= 11 is 0. The highest BCUT2D eigenvalue weighted by Gasteiger charge is 2.20. The highest BCUT2D eigenvalue weighted by atomic mass is 16.2. The Hall–Kier alpha value is -1.35. The van der Waals surface area contributed by atoms with Gasteiger partial charge in [0.05, 0.1) is 0 Å². The van der Waals surface area contributed by atoms with Crippen LogP contribution in [0.4, 0.5) is 5.69 Å². The number of aryl methyl sites for hydroxylation is 2. The Balaban J connectivity index is 2.72. The topological polar surface area (TPSA) is 46.3 Å². The molecule has 2 N–H and O–H groups in total. The third-order valence-electron chi connectivity index (χ3n) is 3.28. The predicted octanol–water partition coefficient (Wildman–Crippen LogP) is 3.42. The minimum Gasteiger partial charge on any atom is -0.327 e. The van der Waals surface area contributed by atoms with Gasteiger partial charge in [0.1, 0.15) is 0 Å². The molecule has 0 spiro atoms. The van der Waals surface area contributed by atoms with Crippen LogP contribution in [0.15, 0.2) is 18.2 Å². The Morgan fingerprint density at radius 3 is 2.15 bits per heavy atom. The van der Waals surface area contributed by atoms with Crippen molar-refractivity contribution in [2.75, 3.05) is 11.9 Å². The van der Waals surface area contributed by atoms with Crippen molar-refractivity contribution >= 4 is 11.6 Å². The van der Waals surface area contributed by atoms with Crippen LogP contribution in [0.2, 0.25) is 0 Å². The first kappa shape index (κ1) is 16.7. The molecule has 0 aromatic heterocycles. The van der Waals surface area contributed by atoms with Crippen LogP contribution in [0, 0.1) is 19.3 Å². The first-order valence-electron chi connectivity index (χ1n) is 7.19.